The van der Waals surface area contributed by atoms with Crippen molar-refractivity contribution >= 4 is 23.7 Å². The molecule has 2 heterocycles. The van der Waals surface area contributed by atoms with Crippen LogP contribution in [0.15, 0.2) is 54.6 Å². The number of carbonyl (C=O) groups excluding carboxylic acids is 1. The van der Waals surface area contributed by atoms with E-state index in [1.807, 2.05) is 30.3 Å². The Bertz CT molecular complexity index is 1050. The molecule has 2 aromatic carbocycles. The summed E-state index contributed by atoms with van der Waals surface area (Å²) in [5.41, 5.74) is 2.85. The van der Waals surface area contributed by atoms with E-state index in [9.17, 15) is 14.7 Å². The molecule has 7 nitrogen and oxygen atoms in total. The average molecular weight is 412 g/mol. The van der Waals surface area contributed by atoms with Crippen LogP contribution in [-0.2, 0) is 24.3 Å². The van der Waals surface area contributed by atoms with Gasteiger partial charge in [0.25, 0.3) is 0 Å². The van der Waals surface area contributed by atoms with Crippen LogP contribution >= 0.6 is 11.6 Å². The predicted molar refractivity (Wildman–Crippen MR) is 106 cm³/mol. The molecule has 29 heavy (non-hydrogen) atoms. The van der Waals surface area contributed by atoms with Crippen molar-refractivity contribution in [3.8, 4) is 5.69 Å². The Hall–Kier alpha value is -3.32. The Balaban J connectivity index is 1.56. The van der Waals surface area contributed by atoms with Gasteiger partial charge >= 0.3 is 12.1 Å². The van der Waals surface area contributed by atoms with E-state index in [1.54, 1.807) is 28.9 Å². The molecule has 148 valence electrons. The highest BCUT2D eigenvalue weighted by molar-refractivity contribution is 6.30. The Kier molecular flexibility index (Phi) is 5.22. The summed E-state index contributed by atoms with van der Waals surface area (Å²) < 4.78 is 7.00. The maximum Gasteiger partial charge on any atom is 0.410 e. The summed E-state index contributed by atoms with van der Waals surface area (Å²) in [6.07, 6.45) is -0.00586. The highest BCUT2D eigenvalue weighted by Crippen LogP contribution is 2.26. The normalized spacial score (nSPS) is 13.1. The molecule has 0 atom stereocenters. The second-order valence-electron chi connectivity index (χ2n) is 6.68. The van der Waals surface area contributed by atoms with Crippen LogP contribution in [0.2, 0.25) is 5.02 Å². The van der Waals surface area contributed by atoms with Crippen LogP contribution in [0.25, 0.3) is 5.69 Å². The molecular weight excluding hydrogens is 394 g/mol. The minimum absolute atomic E-state index is 0.0597. The summed E-state index contributed by atoms with van der Waals surface area (Å²) in [5.74, 6) is -1.13. The molecule has 0 fully saturated rings. The Morgan fingerprint density at radius 3 is 2.52 bits per heavy atom. The van der Waals surface area contributed by atoms with Crippen molar-refractivity contribution in [3.63, 3.8) is 0 Å². The fourth-order valence-electron chi connectivity index (χ4n) is 3.35. The smallest absolute Gasteiger partial charge is 0.410 e. The number of hydrogen-bond acceptors (Lipinski definition) is 4. The first-order valence-corrected chi connectivity index (χ1v) is 9.46. The maximum atomic E-state index is 12.5. The molecular formula is C21H18ClN3O4. The third-order valence-corrected chi connectivity index (χ3v) is 5.05. The zero-order valence-corrected chi connectivity index (χ0v) is 16.2. The molecule has 1 aliphatic heterocycles. The summed E-state index contributed by atoms with van der Waals surface area (Å²) >= 11 is 5.94. The van der Waals surface area contributed by atoms with Gasteiger partial charge in [-0.3, -0.25) is 0 Å². The van der Waals surface area contributed by atoms with Gasteiger partial charge in [0, 0.05) is 23.6 Å². The molecule has 0 radical (unpaired) electrons. The van der Waals surface area contributed by atoms with E-state index in [2.05, 4.69) is 5.10 Å². The molecule has 1 aliphatic rings. The molecule has 1 N–H and O–H groups in total. The van der Waals surface area contributed by atoms with E-state index in [4.69, 9.17) is 16.3 Å². The van der Waals surface area contributed by atoms with Crippen molar-refractivity contribution in [1.82, 2.24) is 14.7 Å². The number of ether oxygens (including phenoxy) is 1. The zero-order valence-electron chi connectivity index (χ0n) is 15.4. The number of halogens is 1. The van der Waals surface area contributed by atoms with Gasteiger partial charge in [-0.2, -0.15) is 5.10 Å². The number of fused-ring (bicyclic) bond motifs is 1. The first-order chi connectivity index (χ1) is 14.0. The minimum Gasteiger partial charge on any atom is -0.476 e. The van der Waals surface area contributed by atoms with E-state index in [0.717, 1.165) is 16.9 Å². The number of aromatic carboxylic acids is 1. The van der Waals surface area contributed by atoms with E-state index < -0.39 is 12.1 Å². The highest BCUT2D eigenvalue weighted by atomic mass is 35.5. The van der Waals surface area contributed by atoms with Gasteiger partial charge in [-0.1, -0.05) is 41.9 Å². The monoisotopic (exact) mass is 411 g/mol. The number of rotatable bonds is 4. The quantitative estimate of drug-likeness (QED) is 0.703. The summed E-state index contributed by atoms with van der Waals surface area (Å²) in [7, 11) is 0. The van der Waals surface area contributed by atoms with Crippen LogP contribution in [0.1, 0.15) is 27.3 Å². The average Bonchev–Trinajstić information content (AvgIpc) is 3.12. The lowest BCUT2D eigenvalue weighted by Crippen LogP contribution is -2.37. The fourth-order valence-corrected chi connectivity index (χ4v) is 3.48. The van der Waals surface area contributed by atoms with Crippen LogP contribution in [-0.4, -0.2) is 38.4 Å². The Labute approximate surface area is 172 Å². The summed E-state index contributed by atoms with van der Waals surface area (Å²) in [5, 5.41) is 14.4. The topological polar surface area (TPSA) is 84.7 Å². The van der Waals surface area contributed by atoms with Crippen LogP contribution in [0.5, 0.6) is 0 Å². The van der Waals surface area contributed by atoms with Gasteiger partial charge in [-0.25, -0.2) is 14.3 Å². The van der Waals surface area contributed by atoms with Gasteiger partial charge in [-0.15, -0.1) is 0 Å². The van der Waals surface area contributed by atoms with Gasteiger partial charge in [0.15, 0.2) is 5.69 Å². The van der Waals surface area contributed by atoms with Gasteiger partial charge in [0.2, 0.25) is 0 Å². The van der Waals surface area contributed by atoms with Crippen LogP contribution in [0.3, 0.4) is 0 Å². The lowest BCUT2D eigenvalue weighted by atomic mass is 10.1. The predicted octanol–water partition coefficient (Wildman–Crippen LogP) is 3.92. The molecule has 0 saturated carbocycles. The molecule has 0 unspecified atom stereocenters. The zero-order chi connectivity index (χ0) is 20.4. The minimum atomic E-state index is -1.13. The van der Waals surface area contributed by atoms with Crippen molar-refractivity contribution in [2.24, 2.45) is 0 Å². The molecule has 4 rings (SSSR count). The van der Waals surface area contributed by atoms with E-state index in [1.165, 1.54) is 4.90 Å². The lowest BCUT2D eigenvalue weighted by Gasteiger charge is -2.27. The molecule has 8 heteroatoms. The largest absolute Gasteiger partial charge is 0.476 e. The molecule has 0 aliphatic carbocycles. The Morgan fingerprint density at radius 1 is 1.10 bits per heavy atom. The van der Waals surface area contributed by atoms with Gasteiger partial charge in [0.1, 0.15) is 6.61 Å². The number of amides is 1. The van der Waals surface area contributed by atoms with E-state index >= 15 is 0 Å². The molecule has 1 amide bonds. The summed E-state index contributed by atoms with van der Waals surface area (Å²) in [4.78, 5) is 25.7. The number of benzene rings is 2. The van der Waals surface area contributed by atoms with Gasteiger partial charge in [-0.05, 0) is 29.8 Å². The van der Waals surface area contributed by atoms with Crippen LogP contribution in [0, 0.1) is 0 Å². The van der Waals surface area contributed by atoms with Gasteiger partial charge < -0.3 is 14.7 Å². The van der Waals surface area contributed by atoms with Crippen LogP contribution in [0.4, 0.5) is 4.79 Å². The number of hydrogen-bond donors (Lipinski definition) is 1. The lowest BCUT2D eigenvalue weighted by molar-refractivity contribution is 0.0682. The first-order valence-electron chi connectivity index (χ1n) is 9.08. The molecule has 0 saturated heterocycles. The number of carbonyl (C=O) groups is 2. The first kappa shape index (κ1) is 19.0. The third kappa shape index (κ3) is 3.95. The second-order valence-corrected chi connectivity index (χ2v) is 7.12. The fraction of sp³-hybridized carbons (Fsp3) is 0.190. The molecule has 1 aromatic heterocycles. The van der Waals surface area contributed by atoms with Crippen molar-refractivity contribution in [1.29, 1.82) is 0 Å². The summed E-state index contributed by atoms with van der Waals surface area (Å²) in [6.45, 7) is 0.718. The van der Waals surface area contributed by atoms with Crippen molar-refractivity contribution in [3.05, 3.63) is 82.1 Å². The van der Waals surface area contributed by atoms with Crippen molar-refractivity contribution in [2.75, 3.05) is 6.54 Å². The summed E-state index contributed by atoms with van der Waals surface area (Å²) in [6, 6.07) is 16.4. The van der Waals surface area contributed by atoms with E-state index in [0.29, 0.717) is 23.6 Å². The third-order valence-electron chi connectivity index (χ3n) is 4.79. The molecule has 3 aromatic rings. The number of carboxylic acid groups (broad SMARTS) is 1. The number of nitrogens with zero attached hydrogens (tertiary/aromatic N) is 3. The van der Waals surface area contributed by atoms with Crippen molar-refractivity contribution in [2.45, 2.75) is 19.6 Å². The molecule has 0 spiro atoms. The Morgan fingerprint density at radius 2 is 1.83 bits per heavy atom. The van der Waals surface area contributed by atoms with E-state index in [-0.39, 0.29) is 18.8 Å². The number of carboxylic acids is 1. The van der Waals surface area contributed by atoms with Crippen LogP contribution < -0.4 is 0 Å². The standard InChI is InChI=1S/C21H18ClN3O4/c22-15-6-8-16(9-7-15)25-18-10-11-24(12-17(18)19(23-25)20(26)27)21(28)29-13-14-4-2-1-3-5-14/h1-9H,10-13H2,(H,26,27). The number of aromatic nitrogens is 2. The van der Waals surface area contributed by atoms with Gasteiger partial charge in [0.05, 0.1) is 17.9 Å². The highest BCUT2D eigenvalue weighted by Gasteiger charge is 2.31. The second kappa shape index (κ2) is 7.97. The van der Waals surface area contributed by atoms with Crippen molar-refractivity contribution < 1.29 is 19.4 Å². The maximum absolute atomic E-state index is 12.5. The molecule has 0 bridgehead atoms. The SMILES string of the molecule is O=C(O)c1nn(-c2ccc(Cl)cc2)c2c1CN(C(=O)OCc1ccccc1)CC2.